The SMILES string of the molecule is CC(c1ccc(COc2ccc(C(=O)O)cn2)cc1Cl)C(O)(c1ccnc(Cl)c1)C(F)(F)F. The molecular weight excluding hydrogens is 484 g/mol. The predicted molar refractivity (Wildman–Crippen MR) is 115 cm³/mol. The Balaban J connectivity index is 1.84. The van der Waals surface area contributed by atoms with E-state index in [-0.39, 0.29) is 33.8 Å². The smallest absolute Gasteiger partial charge is 0.422 e. The number of alkyl halides is 3. The summed E-state index contributed by atoms with van der Waals surface area (Å²) in [6, 6.07) is 9.04. The molecule has 0 amide bonds. The second-order valence-electron chi connectivity index (χ2n) is 7.19. The molecule has 174 valence electrons. The van der Waals surface area contributed by atoms with Crippen molar-refractivity contribution in [2.45, 2.75) is 31.2 Å². The van der Waals surface area contributed by atoms with Gasteiger partial charge >= 0.3 is 12.1 Å². The fourth-order valence-corrected chi connectivity index (χ4v) is 3.83. The monoisotopic (exact) mass is 500 g/mol. The highest BCUT2D eigenvalue weighted by Crippen LogP contribution is 2.50. The summed E-state index contributed by atoms with van der Waals surface area (Å²) < 4.78 is 47.6. The third-order valence-corrected chi connectivity index (χ3v) is 5.66. The molecule has 1 aromatic carbocycles. The third-order valence-electron chi connectivity index (χ3n) is 5.13. The van der Waals surface area contributed by atoms with Crippen LogP contribution in [-0.4, -0.2) is 32.3 Å². The molecule has 0 spiro atoms. The highest BCUT2D eigenvalue weighted by Gasteiger charge is 2.59. The number of ether oxygens (including phenoxy) is 1. The van der Waals surface area contributed by atoms with E-state index in [0.29, 0.717) is 5.56 Å². The van der Waals surface area contributed by atoms with E-state index in [0.717, 1.165) is 24.5 Å². The van der Waals surface area contributed by atoms with Crippen LogP contribution in [0.5, 0.6) is 5.88 Å². The number of halogens is 5. The van der Waals surface area contributed by atoms with Crippen LogP contribution in [0, 0.1) is 0 Å². The lowest BCUT2D eigenvalue weighted by atomic mass is 9.78. The van der Waals surface area contributed by atoms with Crippen molar-refractivity contribution >= 4 is 29.2 Å². The van der Waals surface area contributed by atoms with Crippen molar-refractivity contribution in [2.75, 3.05) is 0 Å². The minimum Gasteiger partial charge on any atom is -0.478 e. The average molecular weight is 501 g/mol. The molecule has 0 aliphatic rings. The Hall–Kier alpha value is -2.88. The normalized spacial score (nSPS) is 14.4. The number of carbonyl (C=O) groups is 1. The van der Waals surface area contributed by atoms with Crippen LogP contribution in [0.4, 0.5) is 13.2 Å². The molecule has 3 rings (SSSR count). The topological polar surface area (TPSA) is 92.5 Å². The van der Waals surface area contributed by atoms with Gasteiger partial charge in [-0.05, 0) is 41.0 Å². The zero-order valence-electron chi connectivity index (χ0n) is 17.0. The summed E-state index contributed by atoms with van der Waals surface area (Å²) in [6.45, 7) is 1.20. The molecule has 2 N–H and O–H groups in total. The summed E-state index contributed by atoms with van der Waals surface area (Å²) >= 11 is 12.0. The molecule has 11 heteroatoms. The van der Waals surface area contributed by atoms with Gasteiger partial charge in [-0.2, -0.15) is 13.2 Å². The minimum absolute atomic E-state index is 0.000567. The van der Waals surface area contributed by atoms with Gasteiger partial charge in [-0.15, -0.1) is 0 Å². The van der Waals surface area contributed by atoms with Crippen LogP contribution in [-0.2, 0) is 12.2 Å². The first-order chi connectivity index (χ1) is 15.4. The number of benzene rings is 1. The summed E-state index contributed by atoms with van der Waals surface area (Å²) in [5.41, 5.74) is -3.13. The molecule has 2 unspecified atom stereocenters. The molecular formula is C22H17Cl2F3N2O4. The molecule has 0 aliphatic heterocycles. The largest absolute Gasteiger partial charge is 0.478 e. The van der Waals surface area contributed by atoms with Crippen LogP contribution in [0.15, 0.2) is 54.9 Å². The number of rotatable bonds is 7. The van der Waals surface area contributed by atoms with Gasteiger partial charge in [0.1, 0.15) is 11.8 Å². The maximum atomic E-state index is 14.0. The van der Waals surface area contributed by atoms with Gasteiger partial charge < -0.3 is 14.9 Å². The number of hydrogen-bond acceptors (Lipinski definition) is 5. The van der Waals surface area contributed by atoms with Gasteiger partial charge in [-0.1, -0.05) is 42.3 Å². The molecule has 0 fully saturated rings. The molecule has 0 saturated heterocycles. The van der Waals surface area contributed by atoms with E-state index in [1.807, 2.05) is 0 Å². The zero-order chi connectivity index (χ0) is 24.4. The van der Waals surface area contributed by atoms with Gasteiger partial charge in [-0.3, -0.25) is 0 Å². The van der Waals surface area contributed by atoms with Crippen molar-refractivity contribution in [3.63, 3.8) is 0 Å². The molecule has 0 bridgehead atoms. The van der Waals surface area contributed by atoms with Gasteiger partial charge in [-0.25, -0.2) is 14.8 Å². The molecule has 0 radical (unpaired) electrons. The highest BCUT2D eigenvalue weighted by molar-refractivity contribution is 6.31. The van der Waals surface area contributed by atoms with E-state index in [2.05, 4.69) is 9.97 Å². The first kappa shape index (κ1) is 24.8. The lowest BCUT2D eigenvalue weighted by Gasteiger charge is -2.37. The van der Waals surface area contributed by atoms with Crippen molar-refractivity contribution in [3.05, 3.63) is 87.3 Å². The lowest BCUT2D eigenvalue weighted by Crippen LogP contribution is -2.46. The summed E-state index contributed by atoms with van der Waals surface area (Å²) in [4.78, 5) is 18.4. The van der Waals surface area contributed by atoms with Crippen molar-refractivity contribution in [1.29, 1.82) is 0 Å². The van der Waals surface area contributed by atoms with E-state index in [1.165, 1.54) is 37.3 Å². The maximum absolute atomic E-state index is 14.0. The Labute approximate surface area is 196 Å². The Morgan fingerprint density at radius 1 is 1.12 bits per heavy atom. The Kier molecular flexibility index (Phi) is 7.16. The zero-order valence-corrected chi connectivity index (χ0v) is 18.5. The predicted octanol–water partition coefficient (Wildman–Crippen LogP) is 5.61. The second-order valence-corrected chi connectivity index (χ2v) is 7.98. The molecule has 3 aromatic rings. The minimum atomic E-state index is -5.03. The number of aromatic carboxylic acids is 1. The van der Waals surface area contributed by atoms with E-state index < -0.39 is 29.2 Å². The van der Waals surface area contributed by atoms with E-state index in [4.69, 9.17) is 33.0 Å². The number of hydrogen-bond donors (Lipinski definition) is 2. The molecule has 2 aromatic heterocycles. The van der Waals surface area contributed by atoms with Crippen LogP contribution in [0.25, 0.3) is 0 Å². The van der Waals surface area contributed by atoms with Gasteiger partial charge in [0.15, 0.2) is 5.60 Å². The average Bonchev–Trinajstić information content (AvgIpc) is 2.76. The molecule has 0 aliphatic carbocycles. The van der Waals surface area contributed by atoms with Gasteiger partial charge in [0.25, 0.3) is 0 Å². The van der Waals surface area contributed by atoms with Crippen LogP contribution in [0.3, 0.4) is 0 Å². The molecule has 33 heavy (non-hydrogen) atoms. The van der Waals surface area contributed by atoms with Crippen molar-refractivity contribution in [3.8, 4) is 5.88 Å². The van der Waals surface area contributed by atoms with Crippen molar-refractivity contribution < 1.29 is 32.9 Å². The van der Waals surface area contributed by atoms with Crippen LogP contribution < -0.4 is 4.74 Å². The fourth-order valence-electron chi connectivity index (χ4n) is 3.28. The van der Waals surface area contributed by atoms with Gasteiger partial charge in [0.05, 0.1) is 5.56 Å². The van der Waals surface area contributed by atoms with Crippen LogP contribution in [0.2, 0.25) is 10.2 Å². The lowest BCUT2D eigenvalue weighted by molar-refractivity contribution is -0.274. The standard InChI is InChI=1S/C22H17Cl2F3N2O4/c1-12(21(32,22(25,26)27)15-6-7-28-18(24)9-15)16-4-2-13(8-17(16)23)11-33-19-5-3-14(10-29-19)20(30)31/h2-10,12,32H,11H2,1H3,(H,30,31). The summed E-state index contributed by atoms with van der Waals surface area (Å²) in [7, 11) is 0. The number of aromatic nitrogens is 2. The highest BCUT2D eigenvalue weighted by atomic mass is 35.5. The van der Waals surface area contributed by atoms with E-state index in [9.17, 15) is 23.1 Å². The van der Waals surface area contributed by atoms with Crippen LogP contribution in [0.1, 0.15) is 39.9 Å². The van der Waals surface area contributed by atoms with Gasteiger partial charge in [0.2, 0.25) is 5.88 Å². The number of pyridine rings is 2. The maximum Gasteiger partial charge on any atom is 0.422 e. The molecule has 6 nitrogen and oxygen atoms in total. The van der Waals surface area contributed by atoms with E-state index in [1.54, 1.807) is 0 Å². The Morgan fingerprint density at radius 2 is 1.85 bits per heavy atom. The quantitative estimate of drug-likeness (QED) is 0.409. The first-order valence-corrected chi connectivity index (χ1v) is 10.2. The summed E-state index contributed by atoms with van der Waals surface area (Å²) in [6.07, 6.45) is -2.81. The summed E-state index contributed by atoms with van der Waals surface area (Å²) in [5.74, 6) is -2.45. The molecule has 2 atom stereocenters. The Morgan fingerprint density at radius 3 is 2.39 bits per heavy atom. The van der Waals surface area contributed by atoms with Crippen molar-refractivity contribution in [1.82, 2.24) is 9.97 Å². The second kappa shape index (κ2) is 9.54. The number of aliphatic hydroxyl groups is 1. The number of nitrogens with zero attached hydrogens (tertiary/aromatic N) is 2. The number of carboxylic acid groups (broad SMARTS) is 1. The Bertz CT molecular complexity index is 1160. The molecule has 2 heterocycles. The van der Waals surface area contributed by atoms with Crippen LogP contribution >= 0.6 is 23.2 Å². The van der Waals surface area contributed by atoms with Crippen molar-refractivity contribution in [2.24, 2.45) is 0 Å². The fraction of sp³-hybridized carbons (Fsp3) is 0.227. The number of carboxylic acids is 1. The third kappa shape index (κ3) is 5.21. The van der Waals surface area contributed by atoms with Gasteiger partial charge in [0, 0.05) is 29.4 Å². The summed E-state index contributed by atoms with van der Waals surface area (Å²) in [5, 5.41) is 19.5. The molecule has 0 saturated carbocycles. The van der Waals surface area contributed by atoms with E-state index >= 15 is 0 Å². The first-order valence-electron chi connectivity index (χ1n) is 9.45.